The molecule has 1 fully saturated rings. The van der Waals surface area contributed by atoms with Gasteiger partial charge in [0.2, 0.25) is 11.8 Å². The fourth-order valence-electron chi connectivity index (χ4n) is 3.28. The molecule has 0 saturated carbocycles. The predicted molar refractivity (Wildman–Crippen MR) is 90.6 cm³/mol. The lowest BCUT2D eigenvalue weighted by molar-refractivity contribution is -0.130. The molecular weight excluding hydrogens is 328 g/mol. The zero-order valence-electron chi connectivity index (χ0n) is 13.4. The molecule has 2 atom stereocenters. The van der Waals surface area contributed by atoms with Gasteiger partial charge in [0.1, 0.15) is 0 Å². The van der Waals surface area contributed by atoms with Crippen molar-refractivity contribution in [2.45, 2.75) is 31.8 Å². The SMILES string of the molecule is CC(=O)N1C=Cc2ccccc2[C@@H]1CC(=O)N[C@@H]1CCS(=O)(=O)C1. The van der Waals surface area contributed by atoms with Crippen LogP contribution in [0.4, 0.5) is 0 Å². The molecule has 128 valence electrons. The minimum atomic E-state index is -3.04. The van der Waals surface area contributed by atoms with E-state index in [1.54, 1.807) is 11.1 Å². The summed E-state index contributed by atoms with van der Waals surface area (Å²) in [5, 5.41) is 2.79. The molecular formula is C17H20N2O4S. The molecule has 0 aromatic heterocycles. The van der Waals surface area contributed by atoms with Crippen LogP contribution >= 0.6 is 0 Å². The Morgan fingerprint density at radius 3 is 2.71 bits per heavy atom. The lowest BCUT2D eigenvalue weighted by Gasteiger charge is -2.32. The van der Waals surface area contributed by atoms with Gasteiger partial charge in [0.05, 0.1) is 24.0 Å². The van der Waals surface area contributed by atoms with E-state index in [1.807, 2.05) is 30.3 Å². The number of rotatable bonds is 3. The number of hydrogen-bond donors (Lipinski definition) is 1. The van der Waals surface area contributed by atoms with E-state index in [0.29, 0.717) is 6.42 Å². The van der Waals surface area contributed by atoms with E-state index in [4.69, 9.17) is 0 Å². The normalized spacial score (nSPS) is 24.5. The standard InChI is InChI=1S/C17H20N2O4S/c1-12(20)19-8-6-13-4-2-3-5-15(13)16(19)10-17(21)18-14-7-9-24(22,23)11-14/h2-6,8,14,16H,7,9-11H2,1H3,(H,18,21)/t14-,16+/m1/s1. The van der Waals surface area contributed by atoms with Crippen molar-refractivity contribution < 1.29 is 18.0 Å². The van der Waals surface area contributed by atoms with E-state index in [2.05, 4.69) is 5.32 Å². The van der Waals surface area contributed by atoms with Crippen molar-refractivity contribution in [3.63, 3.8) is 0 Å². The summed E-state index contributed by atoms with van der Waals surface area (Å²) in [6.07, 6.45) is 4.11. The van der Waals surface area contributed by atoms with Gasteiger partial charge >= 0.3 is 0 Å². The van der Waals surface area contributed by atoms with Crippen LogP contribution in [0, 0.1) is 0 Å². The smallest absolute Gasteiger partial charge is 0.223 e. The van der Waals surface area contributed by atoms with Gasteiger partial charge in [-0.1, -0.05) is 24.3 Å². The summed E-state index contributed by atoms with van der Waals surface area (Å²) in [7, 11) is -3.04. The summed E-state index contributed by atoms with van der Waals surface area (Å²) in [4.78, 5) is 25.8. The molecule has 7 heteroatoms. The minimum Gasteiger partial charge on any atom is -0.352 e. The van der Waals surface area contributed by atoms with Crippen LogP contribution in [0.1, 0.15) is 36.9 Å². The number of sulfone groups is 1. The molecule has 24 heavy (non-hydrogen) atoms. The number of carbonyl (C=O) groups excluding carboxylic acids is 2. The number of hydrogen-bond acceptors (Lipinski definition) is 4. The Kier molecular flexibility index (Phi) is 4.45. The highest BCUT2D eigenvalue weighted by Crippen LogP contribution is 2.32. The summed E-state index contributed by atoms with van der Waals surface area (Å²) in [6, 6.07) is 6.94. The van der Waals surface area contributed by atoms with Crippen LogP contribution in [0.3, 0.4) is 0 Å². The maximum atomic E-state index is 12.4. The van der Waals surface area contributed by atoms with Crippen LogP contribution in [-0.2, 0) is 19.4 Å². The Morgan fingerprint density at radius 2 is 2.04 bits per heavy atom. The van der Waals surface area contributed by atoms with Crippen molar-refractivity contribution in [1.29, 1.82) is 0 Å². The molecule has 3 rings (SSSR count). The van der Waals surface area contributed by atoms with Crippen LogP contribution < -0.4 is 5.32 Å². The summed E-state index contributed by atoms with van der Waals surface area (Å²) in [5.74, 6) is -0.261. The quantitative estimate of drug-likeness (QED) is 0.891. The molecule has 1 N–H and O–H groups in total. The maximum Gasteiger partial charge on any atom is 0.223 e. The lowest BCUT2D eigenvalue weighted by Crippen LogP contribution is -2.39. The van der Waals surface area contributed by atoms with E-state index in [1.165, 1.54) is 6.92 Å². The van der Waals surface area contributed by atoms with Crippen LogP contribution in [0.15, 0.2) is 30.5 Å². The second-order valence-electron chi connectivity index (χ2n) is 6.26. The number of nitrogens with one attached hydrogen (secondary N) is 1. The van der Waals surface area contributed by atoms with Gasteiger partial charge in [-0.05, 0) is 23.6 Å². The fourth-order valence-corrected chi connectivity index (χ4v) is 4.96. The molecule has 0 radical (unpaired) electrons. The first kappa shape index (κ1) is 16.7. The highest BCUT2D eigenvalue weighted by Gasteiger charge is 2.32. The van der Waals surface area contributed by atoms with Crippen LogP contribution in [0.2, 0.25) is 0 Å². The van der Waals surface area contributed by atoms with Gasteiger partial charge in [0.15, 0.2) is 9.84 Å². The van der Waals surface area contributed by atoms with Crippen LogP contribution in [-0.4, -0.2) is 42.7 Å². The summed E-state index contributed by atoms with van der Waals surface area (Å²) in [6.45, 7) is 1.47. The predicted octanol–water partition coefficient (Wildman–Crippen LogP) is 1.25. The Morgan fingerprint density at radius 1 is 1.29 bits per heavy atom. The topological polar surface area (TPSA) is 83.6 Å². The molecule has 0 unspecified atom stereocenters. The van der Waals surface area contributed by atoms with Gasteiger partial charge in [-0.15, -0.1) is 0 Å². The van der Waals surface area contributed by atoms with Gasteiger partial charge < -0.3 is 10.2 Å². The third kappa shape index (κ3) is 3.51. The van der Waals surface area contributed by atoms with Crippen molar-refractivity contribution in [3.05, 3.63) is 41.6 Å². The van der Waals surface area contributed by atoms with Crippen LogP contribution in [0.25, 0.3) is 6.08 Å². The number of benzene rings is 1. The summed E-state index contributed by atoms with van der Waals surface area (Å²) >= 11 is 0. The second-order valence-corrected chi connectivity index (χ2v) is 8.49. The average molecular weight is 348 g/mol. The molecule has 0 aliphatic carbocycles. The molecule has 6 nitrogen and oxygen atoms in total. The molecule has 1 aromatic rings. The van der Waals surface area contributed by atoms with Gasteiger partial charge in [0.25, 0.3) is 0 Å². The third-order valence-corrected chi connectivity index (χ3v) is 6.21. The van der Waals surface area contributed by atoms with E-state index in [0.717, 1.165) is 11.1 Å². The second kappa shape index (κ2) is 6.39. The molecule has 1 aromatic carbocycles. The molecule has 2 aliphatic heterocycles. The Balaban J connectivity index is 1.75. The first-order valence-corrected chi connectivity index (χ1v) is 9.74. The Labute approximate surface area is 141 Å². The van der Waals surface area contributed by atoms with Gasteiger partial charge in [0, 0.05) is 19.2 Å². The number of nitrogens with zero attached hydrogens (tertiary/aromatic N) is 1. The van der Waals surface area contributed by atoms with E-state index in [-0.39, 0.29) is 41.8 Å². The zero-order valence-corrected chi connectivity index (χ0v) is 14.3. The number of carbonyl (C=O) groups is 2. The van der Waals surface area contributed by atoms with Crippen molar-refractivity contribution in [3.8, 4) is 0 Å². The van der Waals surface area contributed by atoms with Crippen molar-refractivity contribution >= 4 is 27.7 Å². The fraction of sp³-hybridized carbons (Fsp3) is 0.412. The molecule has 2 aliphatic rings. The van der Waals surface area contributed by atoms with Gasteiger partial charge in [-0.25, -0.2) is 8.42 Å². The number of fused-ring (bicyclic) bond motifs is 1. The Bertz CT molecular complexity index is 801. The third-order valence-electron chi connectivity index (χ3n) is 4.45. The van der Waals surface area contributed by atoms with Gasteiger partial charge in [-0.3, -0.25) is 9.59 Å². The Hall–Kier alpha value is -2.15. The van der Waals surface area contributed by atoms with E-state index < -0.39 is 9.84 Å². The summed E-state index contributed by atoms with van der Waals surface area (Å²) in [5.41, 5.74) is 1.90. The molecule has 1 saturated heterocycles. The van der Waals surface area contributed by atoms with Crippen LogP contribution in [0.5, 0.6) is 0 Å². The van der Waals surface area contributed by atoms with Crippen molar-refractivity contribution in [2.24, 2.45) is 0 Å². The first-order chi connectivity index (χ1) is 11.4. The highest BCUT2D eigenvalue weighted by molar-refractivity contribution is 7.91. The van der Waals surface area contributed by atoms with E-state index >= 15 is 0 Å². The molecule has 2 amide bonds. The molecule has 0 spiro atoms. The van der Waals surface area contributed by atoms with Crippen molar-refractivity contribution in [1.82, 2.24) is 10.2 Å². The largest absolute Gasteiger partial charge is 0.352 e. The number of amides is 2. The van der Waals surface area contributed by atoms with Crippen molar-refractivity contribution in [2.75, 3.05) is 11.5 Å². The average Bonchev–Trinajstić information content (AvgIpc) is 2.86. The monoisotopic (exact) mass is 348 g/mol. The molecule has 2 heterocycles. The zero-order chi connectivity index (χ0) is 17.3. The first-order valence-electron chi connectivity index (χ1n) is 7.91. The van der Waals surface area contributed by atoms with Gasteiger partial charge in [-0.2, -0.15) is 0 Å². The van der Waals surface area contributed by atoms with E-state index in [9.17, 15) is 18.0 Å². The minimum absolute atomic E-state index is 0.00365. The maximum absolute atomic E-state index is 12.4. The molecule has 0 bridgehead atoms. The summed E-state index contributed by atoms with van der Waals surface area (Å²) < 4.78 is 23.0. The highest BCUT2D eigenvalue weighted by atomic mass is 32.2. The lowest BCUT2D eigenvalue weighted by atomic mass is 9.93.